The van der Waals surface area contributed by atoms with Crippen molar-refractivity contribution >= 4 is 46.5 Å². The molecule has 0 aromatic carbocycles. The first kappa shape index (κ1) is 16.9. The fraction of sp³-hybridized carbons (Fsp3) is 0.533. The minimum atomic E-state index is -0.224. The summed E-state index contributed by atoms with van der Waals surface area (Å²) in [7, 11) is 0. The molecule has 2 aromatic rings. The third-order valence-electron chi connectivity index (χ3n) is 3.94. The lowest BCUT2D eigenvalue weighted by atomic mass is 10.2. The highest BCUT2D eigenvalue weighted by Crippen LogP contribution is 2.28. The van der Waals surface area contributed by atoms with E-state index in [1.165, 1.54) is 24.6 Å². The topological polar surface area (TPSA) is 50.5 Å². The first-order valence-electron chi connectivity index (χ1n) is 7.71. The van der Waals surface area contributed by atoms with Gasteiger partial charge in [-0.25, -0.2) is 0 Å². The van der Waals surface area contributed by atoms with E-state index in [2.05, 4.69) is 10.2 Å². The van der Waals surface area contributed by atoms with Crippen molar-refractivity contribution in [2.24, 2.45) is 0 Å². The highest BCUT2D eigenvalue weighted by atomic mass is 35.5. The standard InChI is InChI=1S/C15H18Cl2N4OS/c1-10(14(22)20-6-4-2-3-5-7-20)23-15-19-18-13-12(17)8-11(16)9-21(13)15/h8-10H,2-7H2,1H3/t10-/m1/s1. The number of hydrogen-bond acceptors (Lipinski definition) is 4. The molecule has 8 heteroatoms. The zero-order chi connectivity index (χ0) is 16.4. The van der Waals surface area contributed by atoms with Crippen LogP contribution >= 0.6 is 35.0 Å². The second kappa shape index (κ2) is 7.28. The smallest absolute Gasteiger partial charge is 0.235 e. The van der Waals surface area contributed by atoms with Crippen LogP contribution in [0, 0.1) is 0 Å². The van der Waals surface area contributed by atoms with Crippen LogP contribution < -0.4 is 0 Å². The maximum atomic E-state index is 12.6. The van der Waals surface area contributed by atoms with Crippen molar-refractivity contribution in [1.82, 2.24) is 19.5 Å². The Balaban J connectivity index is 1.77. The van der Waals surface area contributed by atoms with Crippen LogP contribution in [0.3, 0.4) is 0 Å². The van der Waals surface area contributed by atoms with Gasteiger partial charge in [-0.1, -0.05) is 47.8 Å². The van der Waals surface area contributed by atoms with E-state index in [0.29, 0.717) is 20.8 Å². The summed E-state index contributed by atoms with van der Waals surface area (Å²) in [6, 6.07) is 1.63. The molecule has 0 aliphatic carbocycles. The molecule has 3 rings (SSSR count). The lowest BCUT2D eigenvalue weighted by Crippen LogP contribution is -2.37. The largest absolute Gasteiger partial charge is 0.342 e. The Bertz CT molecular complexity index is 713. The van der Waals surface area contributed by atoms with Crippen molar-refractivity contribution in [2.45, 2.75) is 43.0 Å². The number of hydrogen-bond donors (Lipinski definition) is 0. The number of nitrogens with zero attached hydrogens (tertiary/aromatic N) is 4. The summed E-state index contributed by atoms with van der Waals surface area (Å²) >= 11 is 13.6. The molecular formula is C15H18Cl2N4OS. The van der Waals surface area contributed by atoms with Crippen molar-refractivity contribution in [2.75, 3.05) is 13.1 Å². The third kappa shape index (κ3) is 3.75. The van der Waals surface area contributed by atoms with Crippen LogP contribution in [-0.2, 0) is 4.79 Å². The van der Waals surface area contributed by atoms with E-state index < -0.39 is 0 Å². The molecule has 3 heterocycles. The van der Waals surface area contributed by atoms with E-state index >= 15 is 0 Å². The number of rotatable bonds is 3. The first-order chi connectivity index (χ1) is 11.1. The summed E-state index contributed by atoms with van der Waals surface area (Å²) in [5.74, 6) is 0.154. The third-order valence-corrected chi connectivity index (χ3v) is 5.47. The molecule has 1 aliphatic heterocycles. The molecular weight excluding hydrogens is 355 g/mol. The number of carbonyl (C=O) groups is 1. The van der Waals surface area contributed by atoms with Crippen LogP contribution in [0.4, 0.5) is 0 Å². The molecule has 0 N–H and O–H groups in total. The second-order valence-corrected chi connectivity index (χ2v) is 7.83. The predicted octanol–water partition coefficient (Wildman–Crippen LogP) is 3.92. The summed E-state index contributed by atoms with van der Waals surface area (Å²) in [6.45, 7) is 3.61. The summed E-state index contributed by atoms with van der Waals surface area (Å²) in [5.41, 5.74) is 0.549. The van der Waals surface area contributed by atoms with Gasteiger partial charge in [0.1, 0.15) is 0 Å². The zero-order valence-electron chi connectivity index (χ0n) is 12.8. The number of aromatic nitrogens is 3. The zero-order valence-corrected chi connectivity index (χ0v) is 15.2. The Kier molecular flexibility index (Phi) is 5.34. The fourth-order valence-corrected chi connectivity index (χ4v) is 4.16. The second-order valence-electron chi connectivity index (χ2n) is 5.68. The average Bonchev–Trinajstić information content (AvgIpc) is 2.75. The van der Waals surface area contributed by atoms with Crippen LogP contribution in [-0.4, -0.2) is 43.7 Å². The Morgan fingerprint density at radius 1 is 1.22 bits per heavy atom. The van der Waals surface area contributed by atoms with Gasteiger partial charge in [0.15, 0.2) is 10.8 Å². The minimum absolute atomic E-state index is 0.154. The number of pyridine rings is 1. The fourth-order valence-electron chi connectivity index (χ4n) is 2.74. The van der Waals surface area contributed by atoms with Crippen LogP contribution in [0.5, 0.6) is 0 Å². The summed E-state index contributed by atoms with van der Waals surface area (Å²) < 4.78 is 1.74. The molecule has 5 nitrogen and oxygen atoms in total. The molecule has 1 fully saturated rings. The monoisotopic (exact) mass is 372 g/mol. The van der Waals surface area contributed by atoms with E-state index in [9.17, 15) is 4.79 Å². The lowest BCUT2D eigenvalue weighted by Gasteiger charge is -2.23. The highest BCUT2D eigenvalue weighted by molar-refractivity contribution is 8.00. The minimum Gasteiger partial charge on any atom is -0.342 e. The molecule has 0 radical (unpaired) electrons. The molecule has 1 aliphatic rings. The van der Waals surface area contributed by atoms with Crippen molar-refractivity contribution in [3.8, 4) is 0 Å². The normalized spacial score (nSPS) is 17.3. The van der Waals surface area contributed by atoms with Crippen LogP contribution in [0.1, 0.15) is 32.6 Å². The quantitative estimate of drug-likeness (QED) is 0.766. The number of likely N-dealkylation sites (tertiary alicyclic amines) is 1. The van der Waals surface area contributed by atoms with Gasteiger partial charge in [0.2, 0.25) is 5.91 Å². The molecule has 1 saturated heterocycles. The molecule has 0 saturated carbocycles. The van der Waals surface area contributed by atoms with Gasteiger partial charge in [0.25, 0.3) is 0 Å². The molecule has 0 spiro atoms. The average molecular weight is 373 g/mol. The maximum absolute atomic E-state index is 12.6. The number of carbonyl (C=O) groups excluding carboxylic acids is 1. The summed E-state index contributed by atoms with van der Waals surface area (Å²) in [5, 5.41) is 9.58. The SMILES string of the molecule is C[C@@H](Sc1nnc2c(Cl)cc(Cl)cn12)C(=O)N1CCCCCC1. The van der Waals surface area contributed by atoms with Gasteiger partial charge >= 0.3 is 0 Å². The predicted molar refractivity (Wildman–Crippen MR) is 93.4 cm³/mol. The summed E-state index contributed by atoms with van der Waals surface area (Å²) in [4.78, 5) is 14.6. The van der Waals surface area contributed by atoms with Crippen molar-refractivity contribution in [3.05, 3.63) is 22.3 Å². The molecule has 2 aromatic heterocycles. The van der Waals surface area contributed by atoms with Gasteiger partial charge in [-0.3, -0.25) is 9.20 Å². The molecule has 0 bridgehead atoms. The van der Waals surface area contributed by atoms with E-state index in [4.69, 9.17) is 23.2 Å². The van der Waals surface area contributed by atoms with Gasteiger partial charge in [-0.15, -0.1) is 10.2 Å². The van der Waals surface area contributed by atoms with Crippen molar-refractivity contribution in [3.63, 3.8) is 0 Å². The van der Waals surface area contributed by atoms with Crippen molar-refractivity contribution in [1.29, 1.82) is 0 Å². The van der Waals surface area contributed by atoms with E-state index in [-0.39, 0.29) is 11.2 Å². The number of fused-ring (bicyclic) bond motifs is 1. The van der Waals surface area contributed by atoms with Gasteiger partial charge in [-0.2, -0.15) is 0 Å². The highest BCUT2D eigenvalue weighted by Gasteiger charge is 2.24. The Labute approximate surface area is 149 Å². The van der Waals surface area contributed by atoms with Crippen LogP contribution in [0.25, 0.3) is 5.65 Å². The molecule has 23 heavy (non-hydrogen) atoms. The van der Waals surface area contributed by atoms with Gasteiger partial charge in [-0.05, 0) is 25.8 Å². The van der Waals surface area contributed by atoms with Crippen LogP contribution in [0.15, 0.2) is 17.4 Å². The van der Waals surface area contributed by atoms with Crippen LogP contribution in [0.2, 0.25) is 10.0 Å². The van der Waals surface area contributed by atoms with Crippen molar-refractivity contribution < 1.29 is 4.79 Å². The lowest BCUT2D eigenvalue weighted by molar-refractivity contribution is -0.130. The molecule has 0 unspecified atom stereocenters. The van der Waals surface area contributed by atoms with E-state index in [0.717, 1.165) is 25.9 Å². The van der Waals surface area contributed by atoms with E-state index in [1.807, 2.05) is 11.8 Å². The van der Waals surface area contributed by atoms with Gasteiger partial charge in [0, 0.05) is 19.3 Å². The molecule has 124 valence electrons. The number of amides is 1. The number of halogens is 2. The summed E-state index contributed by atoms with van der Waals surface area (Å²) in [6.07, 6.45) is 6.30. The Hall–Kier alpha value is -0.980. The number of thioether (sulfide) groups is 1. The maximum Gasteiger partial charge on any atom is 0.235 e. The molecule has 1 atom stereocenters. The van der Waals surface area contributed by atoms with Gasteiger partial charge in [0.05, 0.1) is 15.3 Å². The van der Waals surface area contributed by atoms with E-state index in [1.54, 1.807) is 16.7 Å². The Morgan fingerprint density at radius 3 is 2.61 bits per heavy atom. The first-order valence-corrected chi connectivity index (χ1v) is 9.35. The Morgan fingerprint density at radius 2 is 1.91 bits per heavy atom. The van der Waals surface area contributed by atoms with Gasteiger partial charge < -0.3 is 4.90 Å². The molecule has 1 amide bonds.